The van der Waals surface area contributed by atoms with E-state index >= 15 is 0 Å². The van der Waals surface area contributed by atoms with E-state index in [9.17, 15) is 0 Å². The van der Waals surface area contributed by atoms with Gasteiger partial charge in [-0.15, -0.1) is 0 Å². The van der Waals surface area contributed by atoms with Crippen LogP contribution in [0, 0.1) is 11.3 Å². The van der Waals surface area contributed by atoms with Crippen molar-refractivity contribution in [3.63, 3.8) is 0 Å². The van der Waals surface area contributed by atoms with Gasteiger partial charge in [0.2, 0.25) is 0 Å². The van der Waals surface area contributed by atoms with Crippen molar-refractivity contribution in [3.8, 4) is 0 Å². The van der Waals surface area contributed by atoms with Crippen LogP contribution in [0.2, 0.25) is 0 Å². The maximum absolute atomic E-state index is 3.83. The molecule has 1 aliphatic carbocycles. The fourth-order valence-corrected chi connectivity index (χ4v) is 3.28. The molecule has 0 aromatic rings. The van der Waals surface area contributed by atoms with E-state index in [2.05, 4.69) is 33.0 Å². The number of rotatable bonds is 8. The van der Waals surface area contributed by atoms with Crippen LogP contribution < -0.4 is 5.32 Å². The highest BCUT2D eigenvalue weighted by Crippen LogP contribution is 2.42. The van der Waals surface area contributed by atoms with Crippen molar-refractivity contribution in [2.45, 2.75) is 85.1 Å². The van der Waals surface area contributed by atoms with Crippen molar-refractivity contribution in [2.75, 3.05) is 6.54 Å². The van der Waals surface area contributed by atoms with Crippen molar-refractivity contribution in [1.82, 2.24) is 5.32 Å². The number of hydrogen-bond donors (Lipinski definition) is 1. The highest BCUT2D eigenvalue weighted by molar-refractivity contribution is 4.91. The molecule has 1 nitrogen and oxygen atoms in total. The van der Waals surface area contributed by atoms with Gasteiger partial charge < -0.3 is 5.32 Å². The minimum Gasteiger partial charge on any atom is -0.313 e. The highest BCUT2D eigenvalue weighted by Gasteiger charge is 2.35. The summed E-state index contributed by atoms with van der Waals surface area (Å²) in [7, 11) is 0. The van der Waals surface area contributed by atoms with Crippen LogP contribution >= 0.6 is 0 Å². The first-order valence-electron chi connectivity index (χ1n) is 7.82. The summed E-state index contributed by atoms with van der Waals surface area (Å²) >= 11 is 0. The molecule has 1 fully saturated rings. The van der Waals surface area contributed by atoms with E-state index in [4.69, 9.17) is 0 Å². The fraction of sp³-hybridized carbons (Fsp3) is 1.00. The van der Waals surface area contributed by atoms with E-state index in [1.54, 1.807) is 0 Å². The van der Waals surface area contributed by atoms with Gasteiger partial charge in [0.15, 0.2) is 0 Å². The molecule has 0 aliphatic heterocycles. The second-order valence-electron chi connectivity index (χ2n) is 6.69. The summed E-state index contributed by atoms with van der Waals surface area (Å²) in [5.41, 5.74) is 0.589. The zero-order valence-electron chi connectivity index (χ0n) is 12.5. The van der Waals surface area contributed by atoms with Crippen LogP contribution in [0.1, 0.15) is 79.1 Å². The maximum atomic E-state index is 3.83. The molecular weight excluding hydrogens is 206 g/mol. The van der Waals surface area contributed by atoms with Gasteiger partial charge in [0.1, 0.15) is 0 Å². The molecule has 0 radical (unpaired) electrons. The fourth-order valence-electron chi connectivity index (χ4n) is 3.28. The molecular formula is C16H33N. The molecule has 0 saturated heterocycles. The normalized spacial score (nSPS) is 21.0. The molecule has 0 heterocycles. The van der Waals surface area contributed by atoms with E-state index in [1.165, 1.54) is 57.9 Å². The Hall–Kier alpha value is -0.0400. The van der Waals surface area contributed by atoms with Crippen molar-refractivity contribution < 1.29 is 0 Å². The summed E-state index contributed by atoms with van der Waals surface area (Å²) < 4.78 is 0. The van der Waals surface area contributed by atoms with Gasteiger partial charge in [0.25, 0.3) is 0 Å². The Morgan fingerprint density at radius 2 is 1.76 bits per heavy atom. The molecule has 1 saturated carbocycles. The topological polar surface area (TPSA) is 12.0 Å². The zero-order valence-corrected chi connectivity index (χ0v) is 12.5. The van der Waals surface area contributed by atoms with Gasteiger partial charge in [-0.05, 0) is 43.6 Å². The molecule has 1 heteroatoms. The largest absolute Gasteiger partial charge is 0.313 e. The standard InChI is InChI=1S/C16H33N/c1-5-13-17-15(10-8-9-14(2)3)16(4)11-6-7-12-16/h14-15,17H,5-13H2,1-4H3. The third-order valence-electron chi connectivity index (χ3n) is 4.50. The second-order valence-corrected chi connectivity index (χ2v) is 6.69. The summed E-state index contributed by atoms with van der Waals surface area (Å²) in [6.07, 6.45) is 11.2. The summed E-state index contributed by atoms with van der Waals surface area (Å²) in [5, 5.41) is 3.83. The van der Waals surface area contributed by atoms with Gasteiger partial charge in [-0.25, -0.2) is 0 Å². The van der Waals surface area contributed by atoms with Crippen molar-refractivity contribution in [3.05, 3.63) is 0 Å². The molecule has 0 bridgehead atoms. The summed E-state index contributed by atoms with van der Waals surface area (Å²) in [5.74, 6) is 0.859. The lowest BCUT2D eigenvalue weighted by Crippen LogP contribution is -2.42. The molecule has 1 rings (SSSR count). The first-order chi connectivity index (χ1) is 8.08. The van der Waals surface area contributed by atoms with E-state index in [0.717, 1.165) is 12.0 Å². The highest BCUT2D eigenvalue weighted by atomic mass is 14.9. The molecule has 0 aromatic carbocycles. The minimum atomic E-state index is 0.589. The van der Waals surface area contributed by atoms with Crippen LogP contribution in [-0.2, 0) is 0 Å². The monoisotopic (exact) mass is 239 g/mol. The lowest BCUT2D eigenvalue weighted by atomic mass is 9.78. The number of hydrogen-bond acceptors (Lipinski definition) is 1. The lowest BCUT2D eigenvalue weighted by Gasteiger charge is -2.35. The molecule has 17 heavy (non-hydrogen) atoms. The van der Waals surface area contributed by atoms with Crippen LogP contribution in [0.5, 0.6) is 0 Å². The van der Waals surface area contributed by atoms with Crippen LogP contribution in [0.15, 0.2) is 0 Å². The first-order valence-corrected chi connectivity index (χ1v) is 7.82. The lowest BCUT2D eigenvalue weighted by molar-refractivity contribution is 0.204. The quantitative estimate of drug-likeness (QED) is 0.644. The maximum Gasteiger partial charge on any atom is 0.0121 e. The Balaban J connectivity index is 2.41. The Kier molecular flexibility index (Phi) is 6.54. The van der Waals surface area contributed by atoms with Gasteiger partial charge in [0.05, 0.1) is 0 Å². The predicted octanol–water partition coefficient (Wildman–Crippen LogP) is 4.76. The van der Waals surface area contributed by atoms with Gasteiger partial charge in [0, 0.05) is 6.04 Å². The van der Waals surface area contributed by atoms with Gasteiger partial charge in [-0.1, -0.05) is 53.4 Å². The van der Waals surface area contributed by atoms with Crippen LogP contribution in [0.4, 0.5) is 0 Å². The third-order valence-corrected chi connectivity index (χ3v) is 4.50. The van der Waals surface area contributed by atoms with E-state index in [1.807, 2.05) is 0 Å². The van der Waals surface area contributed by atoms with Crippen molar-refractivity contribution >= 4 is 0 Å². The van der Waals surface area contributed by atoms with Crippen LogP contribution in [0.25, 0.3) is 0 Å². The Morgan fingerprint density at radius 1 is 1.12 bits per heavy atom. The van der Waals surface area contributed by atoms with E-state index in [-0.39, 0.29) is 0 Å². The molecule has 1 aliphatic rings. The van der Waals surface area contributed by atoms with E-state index < -0.39 is 0 Å². The third kappa shape index (κ3) is 4.99. The Morgan fingerprint density at radius 3 is 2.29 bits per heavy atom. The van der Waals surface area contributed by atoms with Crippen molar-refractivity contribution in [2.24, 2.45) is 11.3 Å². The second kappa shape index (κ2) is 7.41. The van der Waals surface area contributed by atoms with Crippen LogP contribution in [-0.4, -0.2) is 12.6 Å². The summed E-state index contributed by atoms with van der Waals surface area (Å²) in [4.78, 5) is 0. The average Bonchev–Trinajstić information content (AvgIpc) is 2.70. The zero-order chi connectivity index (χ0) is 12.7. The molecule has 1 unspecified atom stereocenters. The molecule has 1 N–H and O–H groups in total. The molecule has 102 valence electrons. The first kappa shape index (κ1) is 15.0. The van der Waals surface area contributed by atoms with Crippen LogP contribution in [0.3, 0.4) is 0 Å². The molecule has 0 amide bonds. The van der Waals surface area contributed by atoms with Crippen molar-refractivity contribution in [1.29, 1.82) is 0 Å². The Labute approximate surface area is 109 Å². The predicted molar refractivity (Wildman–Crippen MR) is 77.3 cm³/mol. The molecule has 0 spiro atoms. The van der Waals surface area contributed by atoms with Gasteiger partial charge >= 0.3 is 0 Å². The Bertz CT molecular complexity index is 192. The smallest absolute Gasteiger partial charge is 0.0121 e. The molecule has 1 atom stereocenters. The average molecular weight is 239 g/mol. The van der Waals surface area contributed by atoms with Gasteiger partial charge in [-0.3, -0.25) is 0 Å². The SMILES string of the molecule is CCCNC(CCCC(C)C)C1(C)CCCC1. The van der Waals surface area contributed by atoms with E-state index in [0.29, 0.717) is 5.41 Å². The minimum absolute atomic E-state index is 0.589. The van der Waals surface area contributed by atoms with Gasteiger partial charge in [-0.2, -0.15) is 0 Å². The summed E-state index contributed by atoms with van der Waals surface area (Å²) in [6, 6.07) is 0.767. The number of nitrogens with one attached hydrogen (secondary N) is 1. The summed E-state index contributed by atoms with van der Waals surface area (Å²) in [6.45, 7) is 10.7. The molecule has 0 aromatic heterocycles.